The second-order valence-electron chi connectivity index (χ2n) is 5.57. The molecule has 1 unspecified atom stereocenters. The zero-order chi connectivity index (χ0) is 13.2. The third kappa shape index (κ3) is 2.58. The molecule has 0 bridgehead atoms. The summed E-state index contributed by atoms with van der Waals surface area (Å²) in [6.45, 7) is 6.48. The normalized spacial score (nSPS) is 24.3. The predicted octanol–water partition coefficient (Wildman–Crippen LogP) is 0.952. The Balaban J connectivity index is 1.79. The molecule has 3 heterocycles. The number of hydrogen-bond acceptors (Lipinski definition) is 5. The third-order valence-corrected chi connectivity index (χ3v) is 4.33. The Hall–Kier alpha value is -1.20. The summed E-state index contributed by atoms with van der Waals surface area (Å²) in [5, 5.41) is 9.19. The molecule has 104 valence electrons. The number of aromatic nitrogens is 2. The summed E-state index contributed by atoms with van der Waals surface area (Å²) in [5.41, 5.74) is 1.71. The van der Waals surface area contributed by atoms with Gasteiger partial charge >= 0.3 is 0 Å². The molecule has 0 aromatic carbocycles. The van der Waals surface area contributed by atoms with Gasteiger partial charge in [0.25, 0.3) is 0 Å². The summed E-state index contributed by atoms with van der Waals surface area (Å²) in [6, 6.07) is 0.670. The maximum atomic E-state index is 9.19. The van der Waals surface area contributed by atoms with E-state index in [9.17, 15) is 5.11 Å². The highest BCUT2D eigenvalue weighted by Gasteiger charge is 2.29. The zero-order valence-electron chi connectivity index (χ0n) is 11.5. The predicted molar refractivity (Wildman–Crippen MR) is 74.1 cm³/mol. The Morgan fingerprint density at radius 1 is 1.32 bits per heavy atom. The molecule has 5 nitrogen and oxygen atoms in total. The summed E-state index contributed by atoms with van der Waals surface area (Å²) in [5.74, 6) is 0.823. The van der Waals surface area contributed by atoms with Crippen LogP contribution in [0.1, 0.15) is 30.5 Å². The maximum Gasteiger partial charge on any atom is 0.225 e. The van der Waals surface area contributed by atoms with Crippen LogP contribution in [-0.2, 0) is 6.61 Å². The number of aliphatic hydroxyl groups excluding tert-OH is 1. The van der Waals surface area contributed by atoms with E-state index in [4.69, 9.17) is 0 Å². The molecule has 0 aliphatic carbocycles. The van der Waals surface area contributed by atoms with Gasteiger partial charge in [0.05, 0.1) is 6.61 Å². The molecule has 3 rings (SSSR count). The second kappa shape index (κ2) is 5.43. The highest BCUT2D eigenvalue weighted by molar-refractivity contribution is 5.33. The molecule has 1 N–H and O–H groups in total. The number of aliphatic hydroxyl groups is 1. The van der Waals surface area contributed by atoms with Crippen LogP contribution < -0.4 is 4.90 Å². The van der Waals surface area contributed by atoms with Crippen molar-refractivity contribution in [3.63, 3.8) is 0 Å². The smallest absolute Gasteiger partial charge is 0.225 e. The molecule has 0 spiro atoms. The van der Waals surface area contributed by atoms with Crippen molar-refractivity contribution in [2.24, 2.45) is 0 Å². The van der Waals surface area contributed by atoms with Gasteiger partial charge in [-0.05, 0) is 32.7 Å². The molecule has 0 amide bonds. The van der Waals surface area contributed by atoms with Crippen molar-refractivity contribution in [2.45, 2.75) is 38.8 Å². The molecule has 0 radical (unpaired) electrons. The van der Waals surface area contributed by atoms with Crippen LogP contribution in [0.15, 0.2) is 6.20 Å². The summed E-state index contributed by atoms with van der Waals surface area (Å²) in [6.07, 6.45) is 5.56. The lowest BCUT2D eigenvalue weighted by atomic mass is 10.2. The van der Waals surface area contributed by atoms with Gasteiger partial charge < -0.3 is 10.0 Å². The molecule has 2 fully saturated rings. The van der Waals surface area contributed by atoms with Crippen molar-refractivity contribution in [3.05, 3.63) is 17.5 Å². The first kappa shape index (κ1) is 12.8. The first-order valence-corrected chi connectivity index (χ1v) is 7.20. The number of aryl methyl sites for hydroxylation is 1. The fourth-order valence-electron chi connectivity index (χ4n) is 3.18. The second-order valence-corrected chi connectivity index (χ2v) is 5.57. The summed E-state index contributed by atoms with van der Waals surface area (Å²) >= 11 is 0. The van der Waals surface area contributed by atoms with Crippen molar-refractivity contribution >= 4 is 5.95 Å². The average Bonchev–Trinajstić information content (AvgIpc) is 2.76. The Bertz CT molecular complexity index is 451. The number of anilines is 1. The van der Waals surface area contributed by atoms with Gasteiger partial charge in [-0.25, -0.2) is 9.97 Å². The minimum Gasteiger partial charge on any atom is -0.392 e. The van der Waals surface area contributed by atoms with Crippen molar-refractivity contribution in [3.8, 4) is 0 Å². The number of rotatable bonds is 2. The highest BCUT2D eigenvalue weighted by Crippen LogP contribution is 2.23. The lowest BCUT2D eigenvalue weighted by Crippen LogP contribution is -2.37. The molecule has 5 heteroatoms. The van der Waals surface area contributed by atoms with E-state index in [1.165, 1.54) is 32.4 Å². The van der Waals surface area contributed by atoms with Gasteiger partial charge in [-0.1, -0.05) is 0 Å². The molecule has 19 heavy (non-hydrogen) atoms. The monoisotopic (exact) mass is 262 g/mol. The standard InChI is InChI=1S/C14H22N4O/c1-11-12(10-19)8-15-14(16-11)18-7-3-6-17-5-2-4-13(17)9-18/h8,13,19H,2-7,9-10H2,1H3. The molecule has 1 aromatic heterocycles. The van der Waals surface area contributed by atoms with Crippen LogP contribution in [0, 0.1) is 6.92 Å². The van der Waals surface area contributed by atoms with Crippen LogP contribution in [0.3, 0.4) is 0 Å². The summed E-state index contributed by atoms with van der Waals surface area (Å²) in [4.78, 5) is 13.9. The first-order valence-electron chi connectivity index (χ1n) is 7.20. The van der Waals surface area contributed by atoms with Crippen molar-refractivity contribution < 1.29 is 5.11 Å². The minimum atomic E-state index is 0.0164. The lowest BCUT2D eigenvalue weighted by Gasteiger charge is -2.25. The van der Waals surface area contributed by atoms with Gasteiger partial charge in [-0.3, -0.25) is 4.90 Å². The van der Waals surface area contributed by atoms with E-state index in [0.717, 1.165) is 30.3 Å². The molecule has 0 saturated carbocycles. The number of fused-ring (bicyclic) bond motifs is 1. The van der Waals surface area contributed by atoms with Crippen LogP contribution in [0.25, 0.3) is 0 Å². The molecule has 1 aromatic rings. The Morgan fingerprint density at radius 2 is 2.16 bits per heavy atom. The van der Waals surface area contributed by atoms with Gasteiger partial charge in [-0.2, -0.15) is 0 Å². The van der Waals surface area contributed by atoms with Crippen LogP contribution in [-0.4, -0.2) is 52.2 Å². The van der Waals surface area contributed by atoms with E-state index in [1.807, 2.05) is 6.92 Å². The fourth-order valence-corrected chi connectivity index (χ4v) is 3.18. The molecular formula is C14H22N4O. The number of nitrogens with zero attached hydrogens (tertiary/aromatic N) is 4. The minimum absolute atomic E-state index is 0.0164. The van der Waals surface area contributed by atoms with E-state index in [0.29, 0.717) is 6.04 Å². The van der Waals surface area contributed by atoms with Gasteiger partial charge in [-0.15, -0.1) is 0 Å². The average molecular weight is 262 g/mol. The van der Waals surface area contributed by atoms with Crippen molar-refractivity contribution in [1.29, 1.82) is 0 Å². The van der Waals surface area contributed by atoms with E-state index in [-0.39, 0.29) is 6.61 Å². The van der Waals surface area contributed by atoms with Gasteiger partial charge in [0.1, 0.15) is 0 Å². The van der Waals surface area contributed by atoms with Gasteiger partial charge in [0, 0.05) is 43.1 Å². The molecule has 2 aliphatic rings. The van der Waals surface area contributed by atoms with Crippen LogP contribution in [0.2, 0.25) is 0 Å². The van der Waals surface area contributed by atoms with Crippen molar-refractivity contribution in [1.82, 2.24) is 14.9 Å². The maximum absolute atomic E-state index is 9.19. The highest BCUT2D eigenvalue weighted by atomic mass is 16.3. The molecule has 2 saturated heterocycles. The summed E-state index contributed by atoms with van der Waals surface area (Å²) < 4.78 is 0. The van der Waals surface area contributed by atoms with E-state index in [1.54, 1.807) is 6.20 Å². The van der Waals surface area contributed by atoms with Gasteiger partial charge in [0.15, 0.2) is 0 Å². The van der Waals surface area contributed by atoms with Crippen LogP contribution in [0.4, 0.5) is 5.95 Å². The fraction of sp³-hybridized carbons (Fsp3) is 0.714. The Morgan fingerprint density at radius 3 is 2.95 bits per heavy atom. The molecule has 2 aliphatic heterocycles. The Kier molecular flexibility index (Phi) is 3.66. The van der Waals surface area contributed by atoms with Gasteiger partial charge in [0.2, 0.25) is 5.95 Å². The summed E-state index contributed by atoms with van der Waals surface area (Å²) in [7, 11) is 0. The molecule has 1 atom stereocenters. The van der Waals surface area contributed by atoms with E-state index < -0.39 is 0 Å². The third-order valence-electron chi connectivity index (χ3n) is 4.33. The lowest BCUT2D eigenvalue weighted by molar-refractivity contribution is 0.273. The Labute approximate surface area is 114 Å². The SMILES string of the molecule is Cc1nc(N2CCCN3CCCC3C2)ncc1CO. The largest absolute Gasteiger partial charge is 0.392 e. The van der Waals surface area contributed by atoms with E-state index in [2.05, 4.69) is 19.8 Å². The zero-order valence-corrected chi connectivity index (χ0v) is 11.5. The van der Waals surface area contributed by atoms with Crippen LogP contribution in [0.5, 0.6) is 0 Å². The van der Waals surface area contributed by atoms with E-state index >= 15 is 0 Å². The first-order chi connectivity index (χ1) is 9.28. The quantitative estimate of drug-likeness (QED) is 0.860. The molecular weight excluding hydrogens is 240 g/mol. The van der Waals surface area contributed by atoms with Crippen molar-refractivity contribution in [2.75, 3.05) is 31.1 Å². The number of hydrogen-bond donors (Lipinski definition) is 1. The van der Waals surface area contributed by atoms with Crippen LogP contribution >= 0.6 is 0 Å². The topological polar surface area (TPSA) is 52.5 Å².